The quantitative estimate of drug-likeness (QED) is 0.794. The molecule has 0 aromatic heterocycles. The molecule has 0 amide bonds. The summed E-state index contributed by atoms with van der Waals surface area (Å²) in [5, 5.41) is 0.0816. The van der Waals surface area contributed by atoms with Gasteiger partial charge in [-0.05, 0) is 38.3 Å². The second kappa shape index (κ2) is 8.01. The molecule has 0 fully saturated rings. The number of hydrogen-bond donors (Lipinski definition) is 1. The van der Waals surface area contributed by atoms with E-state index in [0.717, 1.165) is 12.0 Å². The normalized spacial score (nSPS) is 13.4. The molecule has 0 saturated heterocycles. The summed E-state index contributed by atoms with van der Waals surface area (Å²) in [5.74, 6) is 0.525. The summed E-state index contributed by atoms with van der Waals surface area (Å²) in [6.07, 6.45) is 1.51. The highest BCUT2D eigenvalue weighted by Crippen LogP contribution is 2.29. The summed E-state index contributed by atoms with van der Waals surface area (Å²) >= 11 is 6.15. The Labute approximate surface area is 132 Å². The third-order valence-corrected chi connectivity index (χ3v) is 5.86. The Balaban J connectivity index is 2.78. The zero-order chi connectivity index (χ0) is 16.0. The van der Waals surface area contributed by atoms with Crippen LogP contribution in [-0.4, -0.2) is 32.1 Å². The van der Waals surface area contributed by atoms with Crippen molar-refractivity contribution < 1.29 is 13.2 Å². The van der Waals surface area contributed by atoms with Gasteiger partial charge in [0.1, 0.15) is 12.4 Å². The van der Waals surface area contributed by atoms with E-state index in [1.807, 2.05) is 19.1 Å². The largest absolute Gasteiger partial charge is 0.491 e. The first-order valence-corrected chi connectivity index (χ1v) is 9.24. The minimum Gasteiger partial charge on any atom is -0.491 e. The number of rotatable bonds is 8. The van der Waals surface area contributed by atoms with Crippen molar-refractivity contribution in [1.29, 1.82) is 0 Å². The van der Waals surface area contributed by atoms with E-state index in [1.165, 1.54) is 0 Å². The van der Waals surface area contributed by atoms with Crippen LogP contribution in [0.4, 0.5) is 0 Å². The summed E-state index contributed by atoms with van der Waals surface area (Å²) in [7, 11) is -3.11. The lowest BCUT2D eigenvalue weighted by Crippen LogP contribution is -2.23. The lowest BCUT2D eigenvalue weighted by atomic mass is 10.0. The zero-order valence-electron chi connectivity index (χ0n) is 12.8. The molecule has 1 unspecified atom stereocenters. The van der Waals surface area contributed by atoms with Crippen LogP contribution in [0.1, 0.15) is 32.8 Å². The van der Waals surface area contributed by atoms with E-state index < -0.39 is 15.1 Å². The van der Waals surface area contributed by atoms with Crippen molar-refractivity contribution in [1.82, 2.24) is 0 Å². The van der Waals surface area contributed by atoms with E-state index in [0.29, 0.717) is 17.2 Å². The standard InChI is InChI=1S/C15H24ClNO3S/c1-4-13(17)10-12-6-5-7-14(16)15(12)20-8-9-21(18,19)11(2)3/h5-7,11,13H,4,8-10,17H2,1-3H3. The predicted molar refractivity (Wildman–Crippen MR) is 87.8 cm³/mol. The second-order valence-corrected chi connectivity index (χ2v) is 8.45. The van der Waals surface area contributed by atoms with E-state index in [-0.39, 0.29) is 18.4 Å². The van der Waals surface area contributed by atoms with Gasteiger partial charge in [0, 0.05) is 6.04 Å². The molecule has 1 rings (SSSR count). The maximum Gasteiger partial charge on any atom is 0.155 e. The molecule has 2 N–H and O–H groups in total. The highest BCUT2D eigenvalue weighted by atomic mass is 35.5. The van der Waals surface area contributed by atoms with E-state index in [4.69, 9.17) is 22.1 Å². The van der Waals surface area contributed by atoms with E-state index >= 15 is 0 Å². The van der Waals surface area contributed by atoms with Gasteiger partial charge in [0.2, 0.25) is 0 Å². The molecule has 1 aromatic carbocycles. The number of hydrogen-bond acceptors (Lipinski definition) is 4. The monoisotopic (exact) mass is 333 g/mol. The van der Waals surface area contributed by atoms with Gasteiger partial charge in [-0.1, -0.05) is 30.7 Å². The fourth-order valence-electron chi connectivity index (χ4n) is 1.80. The molecule has 0 saturated carbocycles. The number of ether oxygens (including phenoxy) is 1. The van der Waals surface area contributed by atoms with Gasteiger partial charge in [0.25, 0.3) is 0 Å². The maximum atomic E-state index is 11.8. The predicted octanol–water partition coefficient (Wildman–Crippen LogP) is 2.82. The summed E-state index contributed by atoms with van der Waals surface area (Å²) < 4.78 is 29.2. The number of nitrogens with two attached hydrogens (primary N) is 1. The molecular formula is C15H24ClNO3S. The number of sulfone groups is 1. The molecule has 0 bridgehead atoms. The molecule has 120 valence electrons. The van der Waals surface area contributed by atoms with Gasteiger partial charge in [0.05, 0.1) is 16.0 Å². The van der Waals surface area contributed by atoms with Crippen molar-refractivity contribution in [2.45, 2.75) is 44.9 Å². The first-order chi connectivity index (χ1) is 9.77. The van der Waals surface area contributed by atoms with E-state index in [9.17, 15) is 8.42 Å². The average Bonchev–Trinajstić information content (AvgIpc) is 2.41. The fourth-order valence-corrected chi connectivity index (χ4v) is 2.83. The van der Waals surface area contributed by atoms with Crippen molar-refractivity contribution in [2.24, 2.45) is 5.73 Å². The summed E-state index contributed by atoms with van der Waals surface area (Å²) in [6.45, 7) is 5.44. The van der Waals surface area contributed by atoms with Gasteiger partial charge in [-0.3, -0.25) is 0 Å². The SMILES string of the molecule is CCC(N)Cc1cccc(Cl)c1OCCS(=O)(=O)C(C)C. The van der Waals surface area contributed by atoms with Crippen LogP contribution in [0.3, 0.4) is 0 Å². The molecule has 21 heavy (non-hydrogen) atoms. The molecule has 0 spiro atoms. The lowest BCUT2D eigenvalue weighted by Gasteiger charge is -2.16. The molecule has 4 nitrogen and oxygen atoms in total. The lowest BCUT2D eigenvalue weighted by molar-refractivity contribution is 0.336. The van der Waals surface area contributed by atoms with Gasteiger partial charge in [-0.15, -0.1) is 0 Å². The zero-order valence-corrected chi connectivity index (χ0v) is 14.4. The summed E-state index contributed by atoms with van der Waals surface area (Å²) in [4.78, 5) is 0. The van der Waals surface area contributed by atoms with Gasteiger partial charge in [0.15, 0.2) is 9.84 Å². The van der Waals surface area contributed by atoms with Crippen molar-refractivity contribution in [3.8, 4) is 5.75 Å². The van der Waals surface area contributed by atoms with Crippen molar-refractivity contribution in [2.75, 3.05) is 12.4 Å². The minimum atomic E-state index is -3.11. The Morgan fingerprint density at radius 3 is 2.57 bits per heavy atom. The Hall–Kier alpha value is -0.780. The Bertz CT molecular complexity index is 558. The van der Waals surface area contributed by atoms with Crippen LogP contribution in [0.15, 0.2) is 18.2 Å². The topological polar surface area (TPSA) is 69.4 Å². The highest BCUT2D eigenvalue weighted by Gasteiger charge is 2.17. The highest BCUT2D eigenvalue weighted by molar-refractivity contribution is 7.91. The Morgan fingerprint density at radius 1 is 1.33 bits per heavy atom. The molecule has 0 heterocycles. The molecule has 0 aliphatic heterocycles. The van der Waals surface area contributed by atoms with Gasteiger partial charge in [-0.25, -0.2) is 8.42 Å². The van der Waals surface area contributed by atoms with Gasteiger partial charge in [-0.2, -0.15) is 0 Å². The van der Waals surface area contributed by atoms with E-state index in [1.54, 1.807) is 19.9 Å². The summed E-state index contributed by atoms with van der Waals surface area (Å²) in [5.41, 5.74) is 6.88. The average molecular weight is 334 g/mol. The fraction of sp³-hybridized carbons (Fsp3) is 0.600. The van der Waals surface area contributed by atoms with Crippen LogP contribution >= 0.6 is 11.6 Å². The maximum absolute atomic E-state index is 11.8. The van der Waals surface area contributed by atoms with Crippen LogP contribution in [0.2, 0.25) is 5.02 Å². The third-order valence-electron chi connectivity index (χ3n) is 3.39. The van der Waals surface area contributed by atoms with Crippen LogP contribution < -0.4 is 10.5 Å². The molecule has 0 aliphatic rings. The number of halogens is 1. The molecule has 6 heteroatoms. The van der Waals surface area contributed by atoms with Crippen molar-refractivity contribution in [3.63, 3.8) is 0 Å². The van der Waals surface area contributed by atoms with Crippen LogP contribution in [0, 0.1) is 0 Å². The van der Waals surface area contributed by atoms with Gasteiger partial charge >= 0.3 is 0 Å². The van der Waals surface area contributed by atoms with Crippen molar-refractivity contribution >= 4 is 21.4 Å². The van der Waals surface area contributed by atoms with Crippen LogP contribution in [-0.2, 0) is 16.3 Å². The minimum absolute atomic E-state index is 0.0187. The summed E-state index contributed by atoms with van der Waals surface area (Å²) in [6, 6.07) is 5.52. The number of para-hydroxylation sites is 1. The molecule has 1 aromatic rings. The second-order valence-electron chi connectivity index (χ2n) is 5.36. The Kier molecular flexibility index (Phi) is 6.97. The van der Waals surface area contributed by atoms with Crippen molar-refractivity contribution in [3.05, 3.63) is 28.8 Å². The van der Waals surface area contributed by atoms with Crippen LogP contribution in [0.5, 0.6) is 5.75 Å². The molecule has 0 radical (unpaired) electrons. The van der Waals surface area contributed by atoms with E-state index in [2.05, 4.69) is 0 Å². The Morgan fingerprint density at radius 2 is 2.00 bits per heavy atom. The third kappa shape index (κ3) is 5.49. The molecule has 1 atom stereocenters. The smallest absolute Gasteiger partial charge is 0.155 e. The molecular weight excluding hydrogens is 310 g/mol. The first kappa shape index (κ1) is 18.3. The van der Waals surface area contributed by atoms with Crippen LogP contribution in [0.25, 0.3) is 0 Å². The number of benzene rings is 1. The first-order valence-electron chi connectivity index (χ1n) is 7.15. The van der Waals surface area contributed by atoms with Gasteiger partial charge < -0.3 is 10.5 Å². The molecule has 0 aliphatic carbocycles.